The molecule has 0 aliphatic heterocycles. The number of amides is 1. The molecule has 0 unspecified atom stereocenters. The zero-order chi connectivity index (χ0) is 15.0. The van der Waals surface area contributed by atoms with Gasteiger partial charge in [-0.25, -0.2) is 0 Å². The summed E-state index contributed by atoms with van der Waals surface area (Å²) in [5, 5.41) is 3.03. The van der Waals surface area contributed by atoms with Gasteiger partial charge < -0.3 is 5.32 Å². The van der Waals surface area contributed by atoms with Gasteiger partial charge in [-0.15, -0.1) is 0 Å². The molecule has 3 nitrogen and oxygen atoms in total. The Kier molecular flexibility index (Phi) is 6.69. The molecule has 0 bridgehead atoms. The zero-order valence-corrected chi connectivity index (χ0v) is 13.3. The van der Waals surface area contributed by atoms with Gasteiger partial charge in [-0.1, -0.05) is 27.7 Å². The van der Waals surface area contributed by atoms with Crippen molar-refractivity contribution in [2.75, 3.05) is 0 Å². The van der Waals surface area contributed by atoms with Crippen LogP contribution in [0, 0.1) is 11.3 Å². The third kappa shape index (κ3) is 5.32. The van der Waals surface area contributed by atoms with E-state index in [0.29, 0.717) is 12.0 Å². The second-order valence-electron chi connectivity index (χ2n) is 6.01. The molecule has 1 amide bonds. The number of nitrogens with one attached hydrogen (secondary N) is 1. The number of hydrogen-bond acceptors (Lipinski definition) is 2. The van der Waals surface area contributed by atoms with Crippen LogP contribution in [0.1, 0.15) is 58.9 Å². The van der Waals surface area contributed by atoms with Crippen molar-refractivity contribution < 1.29 is 4.79 Å². The maximum atomic E-state index is 12.1. The van der Waals surface area contributed by atoms with E-state index in [9.17, 15) is 4.79 Å². The van der Waals surface area contributed by atoms with Gasteiger partial charge in [0.15, 0.2) is 0 Å². The van der Waals surface area contributed by atoms with Gasteiger partial charge in [0.1, 0.15) is 0 Å². The lowest BCUT2D eigenvalue weighted by Crippen LogP contribution is -2.34. The average molecular weight is 276 g/mol. The maximum Gasteiger partial charge on any atom is 0.223 e. The number of carbonyl (C=O) groups excluding carboxylic acids is 1. The largest absolute Gasteiger partial charge is 0.352 e. The predicted molar refractivity (Wildman–Crippen MR) is 83.2 cm³/mol. The van der Waals surface area contributed by atoms with E-state index in [1.54, 1.807) is 12.4 Å². The van der Waals surface area contributed by atoms with Crippen LogP contribution < -0.4 is 5.32 Å². The normalized spacial score (nSPS) is 17.8. The van der Waals surface area contributed by atoms with Crippen molar-refractivity contribution in [3.63, 3.8) is 0 Å². The number of pyridine rings is 1. The Hall–Kier alpha value is -1.38. The molecule has 3 heteroatoms. The lowest BCUT2D eigenvalue weighted by molar-refractivity contribution is -0.126. The number of carbonyl (C=O) groups is 1. The van der Waals surface area contributed by atoms with Gasteiger partial charge in [0, 0.05) is 24.9 Å². The molecule has 1 fully saturated rings. The Balaban J connectivity index is 0.000000956. The summed E-state index contributed by atoms with van der Waals surface area (Å²) in [7, 11) is 0. The molecule has 1 aromatic rings. The van der Waals surface area contributed by atoms with Crippen LogP contribution in [-0.2, 0) is 11.3 Å². The van der Waals surface area contributed by atoms with Crippen LogP contribution in [0.15, 0.2) is 24.5 Å². The van der Waals surface area contributed by atoms with E-state index in [4.69, 9.17) is 0 Å². The molecule has 0 atom stereocenters. The Labute approximate surface area is 123 Å². The van der Waals surface area contributed by atoms with E-state index in [-0.39, 0.29) is 11.8 Å². The van der Waals surface area contributed by atoms with Crippen LogP contribution in [-0.4, -0.2) is 10.9 Å². The quantitative estimate of drug-likeness (QED) is 0.908. The molecule has 0 radical (unpaired) electrons. The van der Waals surface area contributed by atoms with Crippen LogP contribution in [0.4, 0.5) is 0 Å². The molecule has 0 saturated heterocycles. The van der Waals surface area contributed by atoms with E-state index in [1.165, 1.54) is 0 Å². The summed E-state index contributed by atoms with van der Waals surface area (Å²) in [6.07, 6.45) is 7.86. The third-order valence-electron chi connectivity index (χ3n) is 3.93. The van der Waals surface area contributed by atoms with Gasteiger partial charge in [0.2, 0.25) is 5.91 Å². The van der Waals surface area contributed by atoms with Gasteiger partial charge in [-0.3, -0.25) is 9.78 Å². The average Bonchev–Trinajstić information content (AvgIpc) is 2.48. The highest BCUT2D eigenvalue weighted by atomic mass is 16.1. The molecule has 1 saturated carbocycles. The minimum Gasteiger partial charge on any atom is -0.352 e. The zero-order valence-electron chi connectivity index (χ0n) is 13.3. The molecule has 1 heterocycles. The van der Waals surface area contributed by atoms with Crippen molar-refractivity contribution in [3.8, 4) is 0 Å². The molecule has 2 rings (SSSR count). The number of aromatic nitrogens is 1. The van der Waals surface area contributed by atoms with Gasteiger partial charge >= 0.3 is 0 Å². The van der Waals surface area contributed by atoms with Crippen molar-refractivity contribution in [3.05, 3.63) is 30.1 Å². The molecule has 0 aromatic carbocycles. The summed E-state index contributed by atoms with van der Waals surface area (Å²) < 4.78 is 0. The fourth-order valence-corrected chi connectivity index (χ4v) is 2.50. The Morgan fingerprint density at radius 2 is 1.80 bits per heavy atom. The lowest BCUT2D eigenvalue weighted by Gasteiger charge is -2.33. The molecular weight excluding hydrogens is 248 g/mol. The first-order valence-electron chi connectivity index (χ1n) is 7.73. The highest BCUT2D eigenvalue weighted by molar-refractivity contribution is 5.78. The molecule has 1 aliphatic rings. The second kappa shape index (κ2) is 8.03. The smallest absolute Gasteiger partial charge is 0.223 e. The fraction of sp³-hybridized carbons (Fsp3) is 0.647. The van der Waals surface area contributed by atoms with E-state index in [1.807, 2.05) is 26.0 Å². The fourth-order valence-electron chi connectivity index (χ4n) is 2.50. The molecule has 1 N–H and O–H groups in total. The van der Waals surface area contributed by atoms with Crippen LogP contribution in [0.5, 0.6) is 0 Å². The number of nitrogens with zero attached hydrogens (tertiary/aromatic N) is 1. The Morgan fingerprint density at radius 3 is 2.35 bits per heavy atom. The summed E-state index contributed by atoms with van der Waals surface area (Å²) in [6.45, 7) is 9.19. The van der Waals surface area contributed by atoms with Crippen LogP contribution in [0.25, 0.3) is 0 Å². The SMILES string of the molecule is CC.CC1(C)CCC(C(=O)NCc2ccncc2)CC1. The van der Waals surface area contributed by atoms with Crippen molar-refractivity contribution in [2.24, 2.45) is 11.3 Å². The predicted octanol–water partition coefficient (Wildman–Crippen LogP) is 3.94. The molecular formula is C17H28N2O. The monoisotopic (exact) mass is 276 g/mol. The van der Waals surface area contributed by atoms with E-state index >= 15 is 0 Å². The third-order valence-corrected chi connectivity index (χ3v) is 3.93. The minimum absolute atomic E-state index is 0.208. The Bertz CT molecular complexity index is 391. The first-order valence-corrected chi connectivity index (χ1v) is 7.73. The second-order valence-corrected chi connectivity index (χ2v) is 6.01. The first kappa shape index (κ1) is 16.7. The molecule has 1 aliphatic carbocycles. The van der Waals surface area contributed by atoms with E-state index in [0.717, 1.165) is 31.2 Å². The number of rotatable bonds is 3. The van der Waals surface area contributed by atoms with Crippen molar-refractivity contribution in [1.29, 1.82) is 0 Å². The summed E-state index contributed by atoms with van der Waals surface area (Å²) in [5.74, 6) is 0.419. The van der Waals surface area contributed by atoms with Crippen molar-refractivity contribution >= 4 is 5.91 Å². The molecule has 0 spiro atoms. The van der Waals surface area contributed by atoms with Crippen LogP contribution in [0.2, 0.25) is 0 Å². The van der Waals surface area contributed by atoms with Gasteiger partial charge in [-0.2, -0.15) is 0 Å². The minimum atomic E-state index is 0.208. The standard InChI is InChI=1S/C15H22N2O.C2H6/c1-15(2)7-3-13(4-8-15)14(18)17-11-12-5-9-16-10-6-12;1-2/h5-6,9-10,13H,3-4,7-8,11H2,1-2H3,(H,17,18);1-2H3. The van der Waals surface area contributed by atoms with Crippen molar-refractivity contribution in [1.82, 2.24) is 10.3 Å². The molecule has 20 heavy (non-hydrogen) atoms. The summed E-state index contributed by atoms with van der Waals surface area (Å²) in [5.41, 5.74) is 1.52. The number of hydrogen-bond donors (Lipinski definition) is 1. The van der Waals surface area contributed by atoms with Crippen LogP contribution >= 0.6 is 0 Å². The molecule has 1 aromatic heterocycles. The maximum absolute atomic E-state index is 12.1. The lowest BCUT2D eigenvalue weighted by atomic mass is 9.73. The van der Waals surface area contributed by atoms with Gasteiger partial charge in [0.25, 0.3) is 0 Å². The van der Waals surface area contributed by atoms with Gasteiger partial charge in [-0.05, 0) is 48.8 Å². The summed E-state index contributed by atoms with van der Waals surface area (Å²) in [6, 6.07) is 3.87. The Morgan fingerprint density at radius 1 is 1.25 bits per heavy atom. The van der Waals surface area contributed by atoms with Crippen LogP contribution in [0.3, 0.4) is 0 Å². The van der Waals surface area contributed by atoms with E-state index < -0.39 is 0 Å². The summed E-state index contributed by atoms with van der Waals surface area (Å²) >= 11 is 0. The van der Waals surface area contributed by atoms with Crippen molar-refractivity contribution in [2.45, 2.75) is 59.9 Å². The van der Waals surface area contributed by atoms with E-state index in [2.05, 4.69) is 24.1 Å². The highest BCUT2D eigenvalue weighted by Crippen LogP contribution is 2.37. The topological polar surface area (TPSA) is 42.0 Å². The highest BCUT2D eigenvalue weighted by Gasteiger charge is 2.30. The van der Waals surface area contributed by atoms with Gasteiger partial charge in [0.05, 0.1) is 0 Å². The first-order chi connectivity index (χ1) is 9.57. The molecule has 112 valence electrons. The summed E-state index contributed by atoms with van der Waals surface area (Å²) in [4.78, 5) is 16.0.